The number of carbonyl (C=O) groups is 1. The summed E-state index contributed by atoms with van der Waals surface area (Å²) in [5, 5.41) is 9.17. The molecule has 0 N–H and O–H groups in total. The molecule has 0 atom stereocenters. The van der Waals surface area contributed by atoms with Gasteiger partial charge in [0.05, 0.1) is 11.5 Å². The van der Waals surface area contributed by atoms with E-state index in [0.29, 0.717) is 13.1 Å². The summed E-state index contributed by atoms with van der Waals surface area (Å²) in [5.74, 6) is 0. The van der Waals surface area contributed by atoms with Crippen molar-refractivity contribution in [3.05, 3.63) is 0 Å². The number of piperidine rings is 1. The second-order valence-corrected chi connectivity index (χ2v) is 5.71. The number of nitrogens with zero attached hydrogens (tertiary/aromatic N) is 2. The number of hydrogen-bond donors (Lipinski definition) is 0. The first-order valence-electron chi connectivity index (χ1n) is 6.21. The summed E-state index contributed by atoms with van der Waals surface area (Å²) < 4.78 is 5.32. The molecule has 0 spiro atoms. The van der Waals surface area contributed by atoms with Gasteiger partial charge in [0.1, 0.15) is 5.60 Å². The van der Waals surface area contributed by atoms with Gasteiger partial charge in [0.2, 0.25) is 0 Å². The first kappa shape index (κ1) is 13.8. The molecule has 1 aliphatic heterocycles. The Kier molecular flexibility index (Phi) is 4.03. The van der Waals surface area contributed by atoms with E-state index in [4.69, 9.17) is 10.00 Å². The van der Waals surface area contributed by atoms with Crippen LogP contribution in [-0.2, 0) is 4.74 Å². The summed E-state index contributed by atoms with van der Waals surface area (Å²) in [4.78, 5) is 13.5. The summed E-state index contributed by atoms with van der Waals surface area (Å²) >= 11 is 0. The fourth-order valence-corrected chi connectivity index (χ4v) is 1.99. The average molecular weight is 238 g/mol. The van der Waals surface area contributed by atoms with E-state index in [-0.39, 0.29) is 11.5 Å². The van der Waals surface area contributed by atoms with Gasteiger partial charge in [0.15, 0.2) is 0 Å². The molecule has 0 aliphatic carbocycles. The van der Waals surface area contributed by atoms with Crippen LogP contribution in [0.15, 0.2) is 0 Å². The topological polar surface area (TPSA) is 53.3 Å². The SMILES string of the molecule is CCC1(C#N)CCN(C(=O)OC(C)(C)C)CC1. The molecule has 1 saturated heterocycles. The predicted molar refractivity (Wildman–Crippen MR) is 65.4 cm³/mol. The standard InChI is InChI=1S/C13H22N2O2/c1-5-13(10-14)6-8-15(9-7-13)11(16)17-12(2,3)4/h5-9H2,1-4H3. The highest BCUT2D eigenvalue weighted by Gasteiger charge is 2.35. The van der Waals surface area contributed by atoms with Crippen LogP contribution >= 0.6 is 0 Å². The molecule has 0 aromatic heterocycles. The van der Waals surface area contributed by atoms with Crippen molar-refractivity contribution < 1.29 is 9.53 Å². The number of rotatable bonds is 1. The Morgan fingerprint density at radius 1 is 1.41 bits per heavy atom. The van der Waals surface area contributed by atoms with Gasteiger partial charge in [0.25, 0.3) is 0 Å². The molecular formula is C13H22N2O2. The van der Waals surface area contributed by atoms with Crippen molar-refractivity contribution in [2.24, 2.45) is 5.41 Å². The number of hydrogen-bond acceptors (Lipinski definition) is 3. The van der Waals surface area contributed by atoms with E-state index in [1.807, 2.05) is 27.7 Å². The number of likely N-dealkylation sites (tertiary alicyclic amines) is 1. The minimum absolute atomic E-state index is 0.238. The van der Waals surface area contributed by atoms with Crippen LogP contribution in [0.2, 0.25) is 0 Å². The van der Waals surface area contributed by atoms with Crippen LogP contribution in [0.5, 0.6) is 0 Å². The van der Waals surface area contributed by atoms with Gasteiger partial charge < -0.3 is 9.64 Å². The molecule has 0 saturated carbocycles. The third-order valence-corrected chi connectivity index (χ3v) is 3.29. The minimum Gasteiger partial charge on any atom is -0.444 e. The molecule has 17 heavy (non-hydrogen) atoms. The van der Waals surface area contributed by atoms with E-state index < -0.39 is 5.60 Å². The maximum atomic E-state index is 11.8. The van der Waals surface area contributed by atoms with Crippen LogP contribution in [0.25, 0.3) is 0 Å². The van der Waals surface area contributed by atoms with E-state index in [1.54, 1.807) is 4.90 Å². The Morgan fingerprint density at radius 3 is 2.29 bits per heavy atom. The van der Waals surface area contributed by atoms with Gasteiger partial charge in [-0.15, -0.1) is 0 Å². The van der Waals surface area contributed by atoms with Gasteiger partial charge in [-0.3, -0.25) is 0 Å². The van der Waals surface area contributed by atoms with Crippen molar-refractivity contribution in [2.75, 3.05) is 13.1 Å². The number of amides is 1. The first-order valence-corrected chi connectivity index (χ1v) is 6.21. The van der Waals surface area contributed by atoms with Crippen molar-refractivity contribution in [2.45, 2.75) is 52.6 Å². The molecule has 1 aliphatic rings. The normalized spacial score (nSPS) is 19.6. The average Bonchev–Trinajstić information content (AvgIpc) is 2.27. The maximum absolute atomic E-state index is 11.8. The molecule has 0 unspecified atom stereocenters. The monoisotopic (exact) mass is 238 g/mol. The van der Waals surface area contributed by atoms with E-state index in [9.17, 15) is 4.79 Å². The fourth-order valence-electron chi connectivity index (χ4n) is 1.99. The third kappa shape index (κ3) is 3.62. The molecule has 1 heterocycles. The predicted octanol–water partition coefficient (Wildman–Crippen LogP) is 2.94. The fraction of sp³-hybridized carbons (Fsp3) is 0.846. The van der Waals surface area contributed by atoms with E-state index in [1.165, 1.54) is 0 Å². The highest BCUT2D eigenvalue weighted by Crippen LogP contribution is 2.34. The molecule has 96 valence electrons. The molecule has 4 nitrogen and oxygen atoms in total. The molecule has 0 bridgehead atoms. The number of carbonyl (C=O) groups excluding carboxylic acids is 1. The summed E-state index contributed by atoms with van der Waals surface area (Å²) in [5.41, 5.74) is -0.690. The lowest BCUT2D eigenvalue weighted by Gasteiger charge is -2.37. The van der Waals surface area contributed by atoms with Gasteiger partial charge in [-0.2, -0.15) is 5.26 Å². The van der Waals surface area contributed by atoms with Crippen molar-refractivity contribution in [1.29, 1.82) is 5.26 Å². The second kappa shape index (κ2) is 4.95. The van der Waals surface area contributed by atoms with Gasteiger partial charge in [0, 0.05) is 13.1 Å². The zero-order valence-electron chi connectivity index (χ0n) is 11.2. The van der Waals surface area contributed by atoms with Crippen molar-refractivity contribution in [1.82, 2.24) is 4.90 Å². The highest BCUT2D eigenvalue weighted by atomic mass is 16.6. The summed E-state index contributed by atoms with van der Waals surface area (Å²) in [6.07, 6.45) is 2.09. The van der Waals surface area contributed by atoms with Crippen molar-refractivity contribution >= 4 is 6.09 Å². The lowest BCUT2D eigenvalue weighted by molar-refractivity contribution is 0.0146. The Bertz CT molecular complexity index is 317. The summed E-state index contributed by atoms with van der Waals surface area (Å²) in [7, 11) is 0. The summed E-state index contributed by atoms with van der Waals surface area (Å²) in [6, 6.07) is 2.40. The molecule has 1 amide bonds. The van der Waals surface area contributed by atoms with Crippen molar-refractivity contribution in [3.8, 4) is 6.07 Å². The maximum Gasteiger partial charge on any atom is 0.410 e. The Hall–Kier alpha value is -1.24. The van der Waals surface area contributed by atoms with Gasteiger partial charge in [-0.1, -0.05) is 6.92 Å². The number of nitriles is 1. The zero-order valence-corrected chi connectivity index (χ0v) is 11.2. The molecule has 0 radical (unpaired) electrons. The minimum atomic E-state index is -0.453. The van der Waals surface area contributed by atoms with Crippen LogP contribution in [0.3, 0.4) is 0 Å². The molecular weight excluding hydrogens is 216 g/mol. The smallest absolute Gasteiger partial charge is 0.410 e. The van der Waals surface area contributed by atoms with Crippen LogP contribution in [0, 0.1) is 16.7 Å². The van der Waals surface area contributed by atoms with Gasteiger partial charge in [-0.05, 0) is 40.0 Å². The Labute approximate surface area is 104 Å². The molecule has 1 fully saturated rings. The lowest BCUT2D eigenvalue weighted by Crippen LogP contribution is -2.44. The van der Waals surface area contributed by atoms with Crippen LogP contribution in [0.1, 0.15) is 47.0 Å². The third-order valence-electron chi connectivity index (χ3n) is 3.29. The highest BCUT2D eigenvalue weighted by molar-refractivity contribution is 5.68. The van der Waals surface area contributed by atoms with Crippen LogP contribution in [0.4, 0.5) is 4.79 Å². The van der Waals surface area contributed by atoms with Crippen LogP contribution < -0.4 is 0 Å². The zero-order chi connectivity index (χ0) is 13.1. The molecule has 1 rings (SSSR count). The van der Waals surface area contributed by atoms with Crippen LogP contribution in [-0.4, -0.2) is 29.7 Å². The van der Waals surface area contributed by atoms with Gasteiger partial charge >= 0.3 is 6.09 Å². The Balaban J connectivity index is 2.53. The summed E-state index contributed by atoms with van der Waals surface area (Å²) in [6.45, 7) is 8.86. The second-order valence-electron chi connectivity index (χ2n) is 5.71. The van der Waals surface area contributed by atoms with Gasteiger partial charge in [-0.25, -0.2) is 4.79 Å². The molecule has 0 aromatic carbocycles. The largest absolute Gasteiger partial charge is 0.444 e. The quantitative estimate of drug-likeness (QED) is 0.705. The molecule has 0 aromatic rings. The van der Waals surface area contributed by atoms with E-state index in [2.05, 4.69) is 6.07 Å². The van der Waals surface area contributed by atoms with E-state index in [0.717, 1.165) is 19.3 Å². The van der Waals surface area contributed by atoms with E-state index >= 15 is 0 Å². The first-order chi connectivity index (χ1) is 7.82. The number of ether oxygens (including phenoxy) is 1. The van der Waals surface area contributed by atoms with Crippen molar-refractivity contribution in [3.63, 3.8) is 0 Å². The lowest BCUT2D eigenvalue weighted by atomic mass is 9.78. The Morgan fingerprint density at radius 2 is 1.94 bits per heavy atom. The molecule has 4 heteroatoms.